The Morgan fingerprint density at radius 1 is 1.42 bits per heavy atom. The minimum absolute atomic E-state index is 0.0407. The Kier molecular flexibility index (Phi) is 5.31. The normalized spacial score (nSPS) is 10.8. The van der Waals surface area contributed by atoms with Crippen molar-refractivity contribution in [3.63, 3.8) is 0 Å². The fraction of sp³-hybridized carbons (Fsp3) is 0.200. The van der Waals surface area contributed by atoms with Gasteiger partial charge >= 0.3 is 6.61 Å². The predicted octanol–water partition coefficient (Wildman–Crippen LogP) is 1.56. The van der Waals surface area contributed by atoms with Crippen LogP contribution in [-0.2, 0) is 0 Å². The molecule has 0 saturated heterocycles. The first kappa shape index (κ1) is 15.0. The number of nitrogens with two attached hydrogens (primary N) is 2. The van der Waals surface area contributed by atoms with Crippen molar-refractivity contribution in [1.29, 1.82) is 0 Å². The van der Waals surface area contributed by atoms with E-state index < -0.39 is 6.61 Å². The quantitative estimate of drug-likeness (QED) is 0.489. The second kappa shape index (κ2) is 6.74. The van der Waals surface area contributed by atoms with E-state index in [1.54, 1.807) is 0 Å². The summed E-state index contributed by atoms with van der Waals surface area (Å²) in [5, 5.41) is 6.89. The molecular formula is C10H11ClF2N4O2. The maximum Gasteiger partial charge on any atom is 0.387 e. The molecule has 104 valence electrons. The summed E-state index contributed by atoms with van der Waals surface area (Å²) < 4.78 is 33.6. The second-order valence-corrected chi connectivity index (χ2v) is 3.59. The molecule has 0 radical (unpaired) electrons. The highest BCUT2D eigenvalue weighted by atomic mass is 35.5. The number of nitrogens with zero attached hydrogens (tertiary/aromatic N) is 2. The highest BCUT2D eigenvalue weighted by molar-refractivity contribution is 6.32. The molecule has 0 unspecified atom stereocenters. The van der Waals surface area contributed by atoms with Gasteiger partial charge in [-0.05, 0) is 12.1 Å². The van der Waals surface area contributed by atoms with Crippen LogP contribution >= 0.6 is 11.6 Å². The van der Waals surface area contributed by atoms with Gasteiger partial charge in [0.25, 0.3) is 0 Å². The summed E-state index contributed by atoms with van der Waals surface area (Å²) in [6.45, 7) is -3.01. The third kappa shape index (κ3) is 4.59. The number of methoxy groups -OCH3 is 1. The molecule has 0 aromatic heterocycles. The molecular weight excluding hydrogens is 282 g/mol. The fourth-order valence-corrected chi connectivity index (χ4v) is 1.44. The zero-order valence-corrected chi connectivity index (χ0v) is 10.6. The Balaban J connectivity index is 3.08. The van der Waals surface area contributed by atoms with Crippen LogP contribution in [0, 0.1) is 0 Å². The summed E-state index contributed by atoms with van der Waals surface area (Å²) in [6.07, 6.45) is 1.28. The highest BCUT2D eigenvalue weighted by Gasteiger charge is 2.15. The SMILES string of the molecule is COc1cc(/C=N/N=C(N)N)cc(Cl)c1OC(F)F. The Labute approximate surface area is 112 Å². The largest absolute Gasteiger partial charge is 0.493 e. The first-order chi connectivity index (χ1) is 8.93. The predicted molar refractivity (Wildman–Crippen MR) is 68.0 cm³/mol. The molecule has 0 fully saturated rings. The number of hydrogen-bond donors (Lipinski definition) is 2. The molecule has 4 N–H and O–H groups in total. The summed E-state index contributed by atoms with van der Waals surface area (Å²) in [5.74, 6) is -0.427. The van der Waals surface area contributed by atoms with Crippen LogP contribution in [0.3, 0.4) is 0 Å². The lowest BCUT2D eigenvalue weighted by Crippen LogP contribution is -2.21. The van der Waals surface area contributed by atoms with Crippen molar-refractivity contribution in [3.05, 3.63) is 22.7 Å². The average molecular weight is 293 g/mol. The number of hydrogen-bond acceptors (Lipinski definition) is 4. The van der Waals surface area contributed by atoms with E-state index in [0.29, 0.717) is 5.56 Å². The first-order valence-electron chi connectivity index (χ1n) is 4.88. The van der Waals surface area contributed by atoms with Crippen molar-refractivity contribution in [2.75, 3.05) is 7.11 Å². The highest BCUT2D eigenvalue weighted by Crippen LogP contribution is 2.37. The van der Waals surface area contributed by atoms with E-state index in [-0.39, 0.29) is 22.5 Å². The minimum Gasteiger partial charge on any atom is -0.493 e. The van der Waals surface area contributed by atoms with E-state index in [0.717, 1.165) is 0 Å². The summed E-state index contributed by atoms with van der Waals surface area (Å²) in [7, 11) is 1.29. The number of ether oxygens (including phenoxy) is 2. The molecule has 1 aromatic rings. The molecule has 0 atom stereocenters. The number of halogens is 3. The van der Waals surface area contributed by atoms with Crippen LogP contribution in [0.25, 0.3) is 0 Å². The van der Waals surface area contributed by atoms with Gasteiger partial charge in [0.2, 0.25) is 5.96 Å². The van der Waals surface area contributed by atoms with Crippen molar-refractivity contribution in [2.24, 2.45) is 21.7 Å². The molecule has 1 rings (SSSR count). The lowest BCUT2D eigenvalue weighted by atomic mass is 10.2. The van der Waals surface area contributed by atoms with Crippen LogP contribution in [-0.4, -0.2) is 25.9 Å². The van der Waals surface area contributed by atoms with Gasteiger partial charge in [0.05, 0.1) is 18.3 Å². The Bertz CT molecular complexity index is 505. The molecule has 6 nitrogen and oxygen atoms in total. The molecule has 19 heavy (non-hydrogen) atoms. The third-order valence-corrected chi connectivity index (χ3v) is 2.12. The number of rotatable bonds is 5. The van der Waals surface area contributed by atoms with E-state index in [1.165, 1.54) is 25.5 Å². The summed E-state index contributed by atoms with van der Waals surface area (Å²) >= 11 is 5.81. The van der Waals surface area contributed by atoms with Gasteiger partial charge in [-0.15, -0.1) is 5.10 Å². The van der Waals surface area contributed by atoms with Crippen molar-refractivity contribution >= 4 is 23.8 Å². The molecule has 0 spiro atoms. The zero-order chi connectivity index (χ0) is 14.4. The maximum atomic E-state index is 12.2. The third-order valence-electron chi connectivity index (χ3n) is 1.84. The van der Waals surface area contributed by atoms with E-state index >= 15 is 0 Å². The van der Waals surface area contributed by atoms with Crippen molar-refractivity contribution < 1.29 is 18.3 Å². The molecule has 0 amide bonds. The van der Waals surface area contributed by atoms with Crippen LogP contribution in [0.4, 0.5) is 8.78 Å². The maximum absolute atomic E-state index is 12.2. The molecule has 0 heterocycles. The van der Waals surface area contributed by atoms with Crippen molar-refractivity contribution in [1.82, 2.24) is 0 Å². The van der Waals surface area contributed by atoms with Gasteiger partial charge in [-0.2, -0.15) is 13.9 Å². The fourth-order valence-electron chi connectivity index (χ4n) is 1.18. The van der Waals surface area contributed by atoms with Gasteiger partial charge in [0, 0.05) is 5.56 Å². The van der Waals surface area contributed by atoms with Crippen LogP contribution in [0.5, 0.6) is 11.5 Å². The molecule has 1 aromatic carbocycles. The van der Waals surface area contributed by atoms with Gasteiger partial charge in [0.1, 0.15) is 0 Å². The lowest BCUT2D eigenvalue weighted by Gasteiger charge is -2.12. The molecule has 9 heteroatoms. The van der Waals surface area contributed by atoms with Crippen LogP contribution < -0.4 is 20.9 Å². The molecule has 0 aliphatic heterocycles. The Morgan fingerprint density at radius 2 is 2.11 bits per heavy atom. The number of alkyl halides is 2. The molecule has 0 saturated carbocycles. The summed E-state index contributed by atoms with van der Waals surface area (Å²) in [6, 6.07) is 2.75. The Hall–Kier alpha value is -2.09. The van der Waals surface area contributed by atoms with Gasteiger partial charge < -0.3 is 20.9 Å². The van der Waals surface area contributed by atoms with Crippen LogP contribution in [0.15, 0.2) is 22.3 Å². The van der Waals surface area contributed by atoms with Gasteiger partial charge in [-0.25, -0.2) is 0 Å². The first-order valence-corrected chi connectivity index (χ1v) is 5.26. The standard InChI is InChI=1S/C10H11ClF2N4O2/c1-18-7-3-5(4-16-17-10(14)15)2-6(11)8(7)19-9(12)13/h2-4,9H,1H3,(H4,14,15,17)/b16-4+. The van der Waals surface area contributed by atoms with Crippen LogP contribution in [0.2, 0.25) is 5.02 Å². The van der Waals surface area contributed by atoms with Gasteiger partial charge in [0.15, 0.2) is 11.5 Å². The lowest BCUT2D eigenvalue weighted by molar-refractivity contribution is -0.0511. The zero-order valence-electron chi connectivity index (χ0n) is 9.81. The van der Waals surface area contributed by atoms with Gasteiger partial charge in [-0.1, -0.05) is 11.6 Å². The summed E-state index contributed by atoms with van der Waals surface area (Å²) in [4.78, 5) is 0. The van der Waals surface area contributed by atoms with E-state index in [1.807, 2.05) is 0 Å². The van der Waals surface area contributed by atoms with E-state index in [9.17, 15) is 8.78 Å². The number of guanidine groups is 1. The molecule has 0 aliphatic carbocycles. The Morgan fingerprint density at radius 3 is 2.63 bits per heavy atom. The van der Waals surface area contributed by atoms with Crippen molar-refractivity contribution in [3.8, 4) is 11.5 Å². The van der Waals surface area contributed by atoms with E-state index in [4.69, 9.17) is 27.8 Å². The molecule has 0 bridgehead atoms. The number of benzene rings is 1. The monoisotopic (exact) mass is 292 g/mol. The van der Waals surface area contributed by atoms with Crippen LogP contribution in [0.1, 0.15) is 5.56 Å². The molecule has 0 aliphatic rings. The second-order valence-electron chi connectivity index (χ2n) is 3.18. The smallest absolute Gasteiger partial charge is 0.387 e. The summed E-state index contributed by atoms with van der Waals surface area (Å²) in [5.41, 5.74) is 10.6. The minimum atomic E-state index is -3.01. The van der Waals surface area contributed by atoms with Gasteiger partial charge in [-0.3, -0.25) is 0 Å². The average Bonchev–Trinajstić information content (AvgIpc) is 2.31. The van der Waals surface area contributed by atoms with E-state index in [2.05, 4.69) is 14.9 Å². The van der Waals surface area contributed by atoms with Crippen molar-refractivity contribution in [2.45, 2.75) is 6.61 Å². The topological polar surface area (TPSA) is 95.2 Å².